The van der Waals surface area contributed by atoms with Gasteiger partial charge in [0, 0.05) is 12.3 Å². The summed E-state index contributed by atoms with van der Waals surface area (Å²) < 4.78 is 18.5. The van der Waals surface area contributed by atoms with Crippen LogP contribution in [-0.2, 0) is 9.59 Å². The highest BCUT2D eigenvalue weighted by molar-refractivity contribution is 6.18. The van der Waals surface area contributed by atoms with Crippen LogP contribution in [0, 0.1) is 0 Å². The predicted octanol–water partition coefficient (Wildman–Crippen LogP) is 1.12. The lowest BCUT2D eigenvalue weighted by molar-refractivity contribution is -0.124. The van der Waals surface area contributed by atoms with Crippen LogP contribution < -0.4 is 10.1 Å². The van der Waals surface area contributed by atoms with Gasteiger partial charge in [0.15, 0.2) is 5.83 Å². The fourth-order valence-corrected chi connectivity index (χ4v) is 1.55. The third kappa shape index (κ3) is 2.71. The Morgan fingerprint density at radius 2 is 2.11 bits per heavy atom. The SMILES string of the molecule is O=C1NC(=O)C(CCCOc2ccccn2)=C1F. The van der Waals surface area contributed by atoms with Crippen molar-refractivity contribution in [1.29, 1.82) is 0 Å². The highest BCUT2D eigenvalue weighted by Gasteiger charge is 2.29. The number of amides is 2. The van der Waals surface area contributed by atoms with Gasteiger partial charge in [0.2, 0.25) is 5.88 Å². The Morgan fingerprint density at radius 1 is 1.28 bits per heavy atom. The molecule has 18 heavy (non-hydrogen) atoms. The van der Waals surface area contributed by atoms with Crippen molar-refractivity contribution in [3.63, 3.8) is 0 Å². The summed E-state index contributed by atoms with van der Waals surface area (Å²) in [6.45, 7) is 0.301. The van der Waals surface area contributed by atoms with Crippen LogP contribution in [0.15, 0.2) is 35.8 Å². The van der Waals surface area contributed by atoms with E-state index in [9.17, 15) is 14.0 Å². The van der Waals surface area contributed by atoms with Gasteiger partial charge in [-0.3, -0.25) is 14.9 Å². The molecule has 0 fully saturated rings. The fraction of sp³-hybridized carbons (Fsp3) is 0.250. The second-order valence-electron chi connectivity index (χ2n) is 3.70. The zero-order chi connectivity index (χ0) is 13.0. The molecule has 0 aliphatic carbocycles. The lowest BCUT2D eigenvalue weighted by Gasteiger charge is -2.04. The van der Waals surface area contributed by atoms with Gasteiger partial charge in [-0.2, -0.15) is 0 Å². The van der Waals surface area contributed by atoms with Gasteiger partial charge in [-0.05, 0) is 18.9 Å². The topological polar surface area (TPSA) is 68.3 Å². The fourth-order valence-electron chi connectivity index (χ4n) is 1.55. The molecular weight excluding hydrogens is 239 g/mol. The molecule has 1 aromatic heterocycles. The first-order valence-corrected chi connectivity index (χ1v) is 5.46. The number of rotatable bonds is 5. The standard InChI is InChI=1S/C12H11FN2O3/c13-10-8(11(16)15-12(10)17)4-3-7-18-9-5-1-2-6-14-9/h1-2,5-6H,3-4,7H2,(H,15,16,17). The van der Waals surface area contributed by atoms with Crippen LogP contribution in [0.3, 0.4) is 0 Å². The first kappa shape index (κ1) is 12.2. The predicted molar refractivity (Wildman–Crippen MR) is 60.2 cm³/mol. The van der Waals surface area contributed by atoms with Crippen molar-refractivity contribution < 1.29 is 18.7 Å². The third-order valence-electron chi connectivity index (χ3n) is 2.42. The average Bonchev–Trinajstić information content (AvgIpc) is 2.61. The number of aromatic nitrogens is 1. The van der Waals surface area contributed by atoms with Gasteiger partial charge in [-0.1, -0.05) is 6.07 Å². The number of ether oxygens (including phenoxy) is 1. The molecule has 1 aromatic rings. The molecule has 0 bridgehead atoms. The van der Waals surface area contributed by atoms with E-state index in [-0.39, 0.29) is 12.0 Å². The van der Waals surface area contributed by atoms with Crippen molar-refractivity contribution in [2.24, 2.45) is 0 Å². The van der Waals surface area contributed by atoms with Gasteiger partial charge < -0.3 is 4.74 Å². The molecule has 94 valence electrons. The first-order chi connectivity index (χ1) is 8.68. The molecule has 6 heteroatoms. The van der Waals surface area contributed by atoms with Gasteiger partial charge in [0.05, 0.1) is 12.2 Å². The van der Waals surface area contributed by atoms with Crippen LogP contribution in [0.4, 0.5) is 4.39 Å². The molecule has 1 N–H and O–H groups in total. The van der Waals surface area contributed by atoms with Crippen LogP contribution in [-0.4, -0.2) is 23.4 Å². The monoisotopic (exact) mass is 250 g/mol. The molecule has 0 saturated heterocycles. The van der Waals surface area contributed by atoms with E-state index in [1.165, 1.54) is 0 Å². The van der Waals surface area contributed by atoms with E-state index in [2.05, 4.69) is 4.98 Å². The van der Waals surface area contributed by atoms with E-state index in [4.69, 9.17) is 4.74 Å². The van der Waals surface area contributed by atoms with Gasteiger partial charge in [-0.25, -0.2) is 9.37 Å². The minimum atomic E-state index is -0.988. The largest absolute Gasteiger partial charge is 0.478 e. The lowest BCUT2D eigenvalue weighted by atomic mass is 10.1. The zero-order valence-corrected chi connectivity index (χ0v) is 9.48. The molecule has 0 radical (unpaired) electrons. The van der Waals surface area contributed by atoms with E-state index in [1.54, 1.807) is 24.4 Å². The van der Waals surface area contributed by atoms with E-state index < -0.39 is 17.6 Å². The van der Waals surface area contributed by atoms with Crippen LogP contribution in [0.1, 0.15) is 12.8 Å². The molecule has 0 spiro atoms. The smallest absolute Gasteiger partial charge is 0.287 e. The van der Waals surface area contributed by atoms with Gasteiger partial charge in [-0.15, -0.1) is 0 Å². The summed E-state index contributed by atoms with van der Waals surface area (Å²) in [5.41, 5.74) is -0.107. The molecule has 0 unspecified atom stereocenters. The summed E-state index contributed by atoms with van der Waals surface area (Å²) in [6, 6.07) is 5.25. The molecular formula is C12H11FN2O3. The van der Waals surface area contributed by atoms with Gasteiger partial charge in [0.1, 0.15) is 0 Å². The Kier molecular flexibility index (Phi) is 3.66. The Balaban J connectivity index is 1.80. The molecule has 2 rings (SSSR count). The highest BCUT2D eigenvalue weighted by atomic mass is 19.1. The van der Waals surface area contributed by atoms with E-state index in [0.717, 1.165) is 0 Å². The Hall–Kier alpha value is -2.24. The number of imide groups is 1. The van der Waals surface area contributed by atoms with E-state index in [1.807, 2.05) is 5.32 Å². The lowest BCUT2D eigenvalue weighted by Crippen LogP contribution is -2.22. The van der Waals surface area contributed by atoms with Crippen molar-refractivity contribution in [1.82, 2.24) is 10.3 Å². The molecule has 2 heterocycles. The second-order valence-corrected chi connectivity index (χ2v) is 3.70. The van der Waals surface area contributed by atoms with Crippen LogP contribution in [0.5, 0.6) is 5.88 Å². The minimum Gasteiger partial charge on any atom is -0.478 e. The summed E-state index contributed by atoms with van der Waals surface area (Å²) in [5, 5.41) is 1.90. The number of halogens is 1. The third-order valence-corrected chi connectivity index (χ3v) is 2.42. The maximum atomic E-state index is 13.2. The Bertz CT molecular complexity index is 499. The number of nitrogens with zero attached hydrogens (tertiary/aromatic N) is 1. The number of hydrogen-bond acceptors (Lipinski definition) is 4. The van der Waals surface area contributed by atoms with Crippen molar-refractivity contribution in [2.75, 3.05) is 6.61 Å². The molecule has 0 aromatic carbocycles. The first-order valence-electron chi connectivity index (χ1n) is 5.46. The van der Waals surface area contributed by atoms with Crippen LogP contribution >= 0.6 is 0 Å². The molecule has 0 saturated carbocycles. The number of nitrogens with one attached hydrogen (secondary N) is 1. The average molecular weight is 250 g/mol. The summed E-state index contributed by atoms with van der Waals surface area (Å²) in [5.74, 6) is -2.13. The zero-order valence-electron chi connectivity index (χ0n) is 9.48. The van der Waals surface area contributed by atoms with Gasteiger partial charge in [0.25, 0.3) is 11.8 Å². The number of carbonyl (C=O) groups is 2. The van der Waals surface area contributed by atoms with Crippen molar-refractivity contribution in [3.8, 4) is 5.88 Å². The van der Waals surface area contributed by atoms with E-state index >= 15 is 0 Å². The molecule has 1 aliphatic heterocycles. The minimum absolute atomic E-state index is 0.107. The molecule has 5 nitrogen and oxygen atoms in total. The molecule has 2 amide bonds. The van der Waals surface area contributed by atoms with Crippen molar-refractivity contribution >= 4 is 11.8 Å². The molecule has 0 atom stereocenters. The second kappa shape index (κ2) is 5.39. The normalized spacial score (nSPS) is 14.9. The van der Waals surface area contributed by atoms with E-state index in [0.29, 0.717) is 18.9 Å². The maximum Gasteiger partial charge on any atom is 0.287 e. The van der Waals surface area contributed by atoms with Crippen molar-refractivity contribution in [3.05, 3.63) is 35.8 Å². The van der Waals surface area contributed by atoms with Crippen molar-refractivity contribution in [2.45, 2.75) is 12.8 Å². The number of pyridine rings is 1. The Morgan fingerprint density at radius 3 is 2.72 bits per heavy atom. The quantitative estimate of drug-likeness (QED) is 0.628. The maximum absolute atomic E-state index is 13.2. The van der Waals surface area contributed by atoms with Crippen LogP contribution in [0.25, 0.3) is 0 Å². The summed E-state index contributed by atoms with van der Waals surface area (Å²) >= 11 is 0. The summed E-state index contributed by atoms with van der Waals surface area (Å²) in [7, 11) is 0. The van der Waals surface area contributed by atoms with Gasteiger partial charge >= 0.3 is 0 Å². The van der Waals surface area contributed by atoms with Crippen LogP contribution in [0.2, 0.25) is 0 Å². The number of carbonyl (C=O) groups excluding carboxylic acids is 2. The highest BCUT2D eigenvalue weighted by Crippen LogP contribution is 2.18. The molecule has 1 aliphatic rings. The summed E-state index contributed by atoms with van der Waals surface area (Å²) in [6.07, 6.45) is 2.19. The summed E-state index contributed by atoms with van der Waals surface area (Å²) in [4.78, 5) is 26.0. The number of hydrogen-bond donors (Lipinski definition) is 1. The Labute approximate surface area is 103 Å².